The Bertz CT molecular complexity index is 1180. The maximum absolute atomic E-state index is 13.3. The van der Waals surface area contributed by atoms with Crippen LogP contribution in [0.1, 0.15) is 90.5 Å². The number of carbonyl (C=O) groups is 1. The number of aromatic nitrogens is 1. The molecule has 0 aromatic carbocycles. The molecule has 1 heterocycles. The molecule has 0 bridgehead atoms. The highest BCUT2D eigenvalue weighted by atomic mass is 32.2. The monoisotopic (exact) mass is 589 g/mol. The van der Waals surface area contributed by atoms with Gasteiger partial charge in [-0.05, 0) is 116 Å². The lowest BCUT2D eigenvalue weighted by molar-refractivity contribution is -0.175. The molecule has 8 nitrogen and oxygen atoms in total. The van der Waals surface area contributed by atoms with Gasteiger partial charge in [-0.15, -0.1) is 0 Å². The summed E-state index contributed by atoms with van der Waals surface area (Å²) in [6.07, 6.45) is 11.9. The van der Waals surface area contributed by atoms with E-state index < -0.39 is 15.9 Å². The van der Waals surface area contributed by atoms with Crippen LogP contribution in [-0.2, 0) is 21.5 Å². The summed E-state index contributed by atoms with van der Waals surface area (Å²) in [5.74, 6) is 1.96. The molecule has 4 aliphatic carbocycles. The minimum atomic E-state index is -4.44. The molecule has 2 N–H and O–H groups in total. The first-order chi connectivity index (χ1) is 19.3. The Labute approximate surface area is 246 Å². The number of carbonyl (C=O) groups excluding carboxylic acids is 1. The lowest BCUT2D eigenvalue weighted by Gasteiger charge is -2.62. The summed E-state index contributed by atoms with van der Waals surface area (Å²) in [7, 11) is -4.44. The fourth-order valence-corrected chi connectivity index (χ4v) is 10.5. The molecule has 5 rings (SSSR count). The predicted molar refractivity (Wildman–Crippen MR) is 155 cm³/mol. The summed E-state index contributed by atoms with van der Waals surface area (Å²) in [6.45, 7) is 7.04. The van der Waals surface area contributed by atoms with Gasteiger partial charge in [0.15, 0.2) is 0 Å². The van der Waals surface area contributed by atoms with Gasteiger partial charge in [0.1, 0.15) is 0 Å². The molecule has 1 aromatic heterocycles. The van der Waals surface area contributed by atoms with E-state index >= 15 is 0 Å². The SMILES string of the molecule is C[C@H](CCC(=O)N(CCS(=O)(=O)[O-])Cc1cccnc1)[C@H]1CC[C@H]2[C@@H]3CC[C@@H]4C[C@H](O)CC[C@]4(C)[C@H]3C[C@H](O)[C@]12C. The molecule has 0 aliphatic heterocycles. The summed E-state index contributed by atoms with van der Waals surface area (Å²) in [5.41, 5.74) is 0.822. The molecule has 0 radical (unpaired) electrons. The molecule has 41 heavy (non-hydrogen) atoms. The molecule has 0 saturated heterocycles. The van der Waals surface area contributed by atoms with E-state index in [2.05, 4.69) is 25.8 Å². The van der Waals surface area contributed by atoms with Crippen molar-refractivity contribution in [3.8, 4) is 0 Å². The first kappa shape index (κ1) is 30.9. The molecule has 230 valence electrons. The van der Waals surface area contributed by atoms with Crippen molar-refractivity contribution in [1.29, 1.82) is 0 Å². The first-order valence-corrected chi connectivity index (χ1v) is 17.4. The average Bonchev–Trinajstić information content (AvgIpc) is 3.29. The number of pyridine rings is 1. The number of aliphatic hydroxyl groups excluding tert-OH is 2. The summed E-state index contributed by atoms with van der Waals surface area (Å²) in [6, 6.07) is 3.61. The van der Waals surface area contributed by atoms with Gasteiger partial charge in [-0.2, -0.15) is 0 Å². The van der Waals surface area contributed by atoms with Crippen molar-refractivity contribution in [3.05, 3.63) is 30.1 Å². The van der Waals surface area contributed by atoms with Gasteiger partial charge in [-0.25, -0.2) is 8.42 Å². The Balaban J connectivity index is 1.25. The Morgan fingerprint density at radius 2 is 1.93 bits per heavy atom. The second-order valence-corrected chi connectivity index (χ2v) is 15.9. The van der Waals surface area contributed by atoms with Crippen molar-refractivity contribution in [2.24, 2.45) is 46.3 Å². The smallest absolute Gasteiger partial charge is 0.222 e. The summed E-state index contributed by atoms with van der Waals surface area (Å²) < 4.78 is 34.0. The topological polar surface area (TPSA) is 131 Å². The average molecular weight is 590 g/mol. The minimum absolute atomic E-state index is 0.129. The van der Waals surface area contributed by atoms with Crippen LogP contribution in [0.4, 0.5) is 0 Å². The van der Waals surface area contributed by atoms with Crippen LogP contribution < -0.4 is 0 Å². The molecule has 0 unspecified atom stereocenters. The zero-order valence-electron chi connectivity index (χ0n) is 25.0. The number of nitrogens with zero attached hydrogens (tertiary/aromatic N) is 2. The maximum Gasteiger partial charge on any atom is 0.222 e. The van der Waals surface area contributed by atoms with Crippen LogP contribution in [0.25, 0.3) is 0 Å². The third-order valence-electron chi connectivity index (χ3n) is 12.4. The van der Waals surface area contributed by atoms with Gasteiger partial charge in [-0.1, -0.05) is 26.8 Å². The molecule has 4 fully saturated rings. The van der Waals surface area contributed by atoms with Crippen LogP contribution in [0.2, 0.25) is 0 Å². The van der Waals surface area contributed by atoms with Crippen molar-refractivity contribution in [2.75, 3.05) is 12.3 Å². The van der Waals surface area contributed by atoms with Crippen LogP contribution in [0, 0.1) is 46.3 Å². The summed E-state index contributed by atoms with van der Waals surface area (Å²) in [5, 5.41) is 22.2. The van der Waals surface area contributed by atoms with E-state index in [-0.39, 0.29) is 54.4 Å². The second-order valence-electron chi connectivity index (χ2n) is 14.3. The molecule has 9 heteroatoms. The van der Waals surface area contributed by atoms with Gasteiger partial charge in [0, 0.05) is 31.9 Å². The highest BCUT2D eigenvalue weighted by Gasteiger charge is 2.63. The molecule has 4 saturated carbocycles. The summed E-state index contributed by atoms with van der Waals surface area (Å²) in [4.78, 5) is 18.9. The molecule has 10 atom stereocenters. The number of amides is 1. The van der Waals surface area contributed by atoms with Crippen molar-refractivity contribution in [2.45, 2.75) is 104 Å². The lowest BCUT2D eigenvalue weighted by atomic mass is 9.43. The third kappa shape index (κ3) is 6.11. The van der Waals surface area contributed by atoms with Gasteiger partial charge in [0.05, 0.1) is 28.1 Å². The van der Waals surface area contributed by atoms with Gasteiger partial charge >= 0.3 is 0 Å². The maximum atomic E-state index is 13.3. The van der Waals surface area contributed by atoms with E-state index in [9.17, 15) is 28.0 Å². The minimum Gasteiger partial charge on any atom is -0.748 e. The molecular formula is C32H49N2O6S-. The standard InChI is InChI=1S/C32H50N2O6S/c1-21(6-11-30(37)34(15-16-41(38,39)40)20-22-5-4-14-33-19-22)26-9-10-27-25-8-7-23-17-24(35)12-13-31(23,2)28(25)18-29(36)32(26,27)3/h4-5,14,19,21,23-29,35-36H,6-13,15-18,20H2,1-3H3,(H,38,39,40)/p-1/t21-,23-,24-,25+,26-,27+,28+,29+,31+,32-/m1/s1. The molecule has 1 aromatic rings. The van der Waals surface area contributed by atoms with E-state index in [0.717, 1.165) is 44.1 Å². The van der Waals surface area contributed by atoms with Crippen LogP contribution in [0.15, 0.2) is 24.5 Å². The third-order valence-corrected chi connectivity index (χ3v) is 13.1. The molecule has 4 aliphatic rings. The number of aliphatic hydroxyl groups is 2. The van der Waals surface area contributed by atoms with Crippen molar-refractivity contribution >= 4 is 16.0 Å². The zero-order valence-corrected chi connectivity index (χ0v) is 25.8. The zero-order chi connectivity index (χ0) is 29.6. The van der Waals surface area contributed by atoms with E-state index in [1.54, 1.807) is 18.5 Å². The number of rotatable bonds is 9. The quantitative estimate of drug-likeness (QED) is 0.409. The fourth-order valence-electron chi connectivity index (χ4n) is 10.1. The van der Waals surface area contributed by atoms with Crippen LogP contribution in [0.5, 0.6) is 0 Å². The Morgan fingerprint density at radius 3 is 2.63 bits per heavy atom. The van der Waals surface area contributed by atoms with E-state index in [4.69, 9.17) is 0 Å². The van der Waals surface area contributed by atoms with Gasteiger partial charge in [0.25, 0.3) is 0 Å². The Hall–Kier alpha value is -1.55. The Kier molecular flexibility index (Phi) is 8.93. The van der Waals surface area contributed by atoms with Crippen molar-refractivity contribution in [3.63, 3.8) is 0 Å². The van der Waals surface area contributed by atoms with E-state index in [1.165, 1.54) is 17.7 Å². The molecule has 0 spiro atoms. The molecule has 1 amide bonds. The van der Waals surface area contributed by atoms with Crippen LogP contribution in [-0.4, -0.2) is 63.5 Å². The van der Waals surface area contributed by atoms with Crippen LogP contribution in [0.3, 0.4) is 0 Å². The van der Waals surface area contributed by atoms with Crippen LogP contribution >= 0.6 is 0 Å². The van der Waals surface area contributed by atoms with E-state index in [0.29, 0.717) is 36.0 Å². The normalized spacial score (nSPS) is 39.3. The fraction of sp³-hybridized carbons (Fsp3) is 0.812. The van der Waals surface area contributed by atoms with Crippen molar-refractivity contribution in [1.82, 2.24) is 9.88 Å². The number of fused-ring (bicyclic) bond motifs is 5. The first-order valence-electron chi connectivity index (χ1n) is 15.8. The second kappa shape index (κ2) is 11.9. The van der Waals surface area contributed by atoms with Crippen molar-refractivity contribution < 1.29 is 28.0 Å². The number of hydrogen-bond donors (Lipinski definition) is 2. The lowest BCUT2D eigenvalue weighted by Crippen LogP contribution is -2.58. The van der Waals surface area contributed by atoms with Gasteiger partial charge < -0.3 is 19.7 Å². The predicted octanol–water partition coefficient (Wildman–Crippen LogP) is 4.36. The summed E-state index contributed by atoms with van der Waals surface area (Å²) >= 11 is 0. The number of hydrogen-bond acceptors (Lipinski definition) is 7. The largest absolute Gasteiger partial charge is 0.748 e. The van der Waals surface area contributed by atoms with Gasteiger partial charge in [-0.3, -0.25) is 9.78 Å². The van der Waals surface area contributed by atoms with E-state index in [1.807, 2.05) is 6.07 Å². The molecular weight excluding hydrogens is 540 g/mol. The van der Waals surface area contributed by atoms with Gasteiger partial charge in [0.2, 0.25) is 5.91 Å². The Morgan fingerprint density at radius 1 is 1.15 bits per heavy atom. The highest BCUT2D eigenvalue weighted by Crippen LogP contribution is 2.68. The highest BCUT2D eigenvalue weighted by molar-refractivity contribution is 7.85.